The van der Waals surface area contributed by atoms with Crippen LogP contribution < -0.4 is 0 Å². The molecular formula is C33H36N5O2+. The number of hydrogen-bond acceptors (Lipinski definition) is 4. The predicted octanol–water partition coefficient (Wildman–Crippen LogP) is 5.36. The number of carbonyl (C=O) groups is 2. The Labute approximate surface area is 235 Å². The fraction of sp³-hybridized carbons (Fsp3) is 0.333. The molecule has 5 rings (SSSR count). The van der Waals surface area contributed by atoms with Crippen LogP contribution in [-0.4, -0.2) is 63.5 Å². The minimum atomic E-state index is -0.335. The Morgan fingerprint density at radius 1 is 1.02 bits per heavy atom. The Balaban J connectivity index is 1.33. The SMILES string of the molecule is CCCC[N+]1(C(=O)[C@@H](C)c2cncn2Cc2ccc(C#N)cc2)CCN(C(=O)c2cccc3ccccc23)CC1. The first-order valence-electron chi connectivity index (χ1n) is 14.1. The van der Waals surface area contributed by atoms with E-state index in [2.05, 4.69) is 18.0 Å². The number of amides is 2. The predicted molar refractivity (Wildman–Crippen MR) is 156 cm³/mol. The van der Waals surface area contributed by atoms with Crippen molar-refractivity contribution in [3.63, 3.8) is 0 Å². The Morgan fingerprint density at radius 2 is 1.75 bits per heavy atom. The van der Waals surface area contributed by atoms with Crippen molar-refractivity contribution in [3.8, 4) is 6.07 Å². The average Bonchev–Trinajstić information content (AvgIpc) is 3.47. The molecule has 0 radical (unpaired) electrons. The van der Waals surface area contributed by atoms with Gasteiger partial charge in [0.2, 0.25) is 0 Å². The normalized spacial score (nSPS) is 15.5. The molecule has 40 heavy (non-hydrogen) atoms. The lowest BCUT2D eigenvalue weighted by Crippen LogP contribution is -2.64. The van der Waals surface area contributed by atoms with Crippen molar-refractivity contribution < 1.29 is 14.1 Å². The van der Waals surface area contributed by atoms with Gasteiger partial charge >= 0.3 is 5.91 Å². The summed E-state index contributed by atoms with van der Waals surface area (Å²) >= 11 is 0. The van der Waals surface area contributed by atoms with Crippen LogP contribution in [0.3, 0.4) is 0 Å². The largest absolute Gasteiger partial charge is 0.329 e. The number of aromatic nitrogens is 2. The molecule has 2 amide bonds. The van der Waals surface area contributed by atoms with E-state index in [4.69, 9.17) is 5.26 Å². The molecule has 204 valence electrons. The highest BCUT2D eigenvalue weighted by atomic mass is 16.2. The molecular weight excluding hydrogens is 498 g/mol. The van der Waals surface area contributed by atoms with Crippen LogP contribution in [0, 0.1) is 11.3 Å². The van der Waals surface area contributed by atoms with Gasteiger partial charge in [-0.3, -0.25) is 9.28 Å². The average molecular weight is 535 g/mol. The Bertz CT molecular complexity index is 1540. The molecule has 0 unspecified atom stereocenters. The molecule has 1 fully saturated rings. The molecule has 4 aromatic rings. The van der Waals surface area contributed by atoms with E-state index >= 15 is 0 Å². The van der Waals surface area contributed by atoms with Gasteiger partial charge in [0.1, 0.15) is 19.0 Å². The molecule has 0 aliphatic carbocycles. The summed E-state index contributed by atoms with van der Waals surface area (Å²) in [6.45, 7) is 7.82. The number of quaternary nitrogens is 1. The first-order chi connectivity index (χ1) is 19.5. The molecule has 1 aliphatic heterocycles. The van der Waals surface area contributed by atoms with Crippen molar-refractivity contribution in [1.82, 2.24) is 14.5 Å². The van der Waals surface area contributed by atoms with E-state index in [1.165, 1.54) is 0 Å². The summed E-state index contributed by atoms with van der Waals surface area (Å²) in [4.78, 5) is 34.1. The highest BCUT2D eigenvalue weighted by Gasteiger charge is 2.44. The first kappa shape index (κ1) is 27.3. The number of unbranched alkanes of at least 4 members (excludes halogenated alkanes) is 1. The molecule has 0 N–H and O–H groups in total. The van der Waals surface area contributed by atoms with Crippen LogP contribution in [0.25, 0.3) is 10.8 Å². The van der Waals surface area contributed by atoms with E-state index in [0.717, 1.165) is 47.0 Å². The molecule has 7 nitrogen and oxygen atoms in total. The van der Waals surface area contributed by atoms with E-state index in [1.54, 1.807) is 12.5 Å². The number of fused-ring (bicyclic) bond motifs is 1. The minimum absolute atomic E-state index is 0.0334. The van der Waals surface area contributed by atoms with Crippen LogP contribution in [0.5, 0.6) is 0 Å². The van der Waals surface area contributed by atoms with E-state index in [1.807, 2.05) is 83.1 Å². The zero-order chi connectivity index (χ0) is 28.1. The van der Waals surface area contributed by atoms with Gasteiger partial charge in [-0.1, -0.05) is 61.9 Å². The molecule has 0 spiro atoms. The number of imidazole rings is 1. The summed E-state index contributed by atoms with van der Waals surface area (Å²) in [5, 5.41) is 11.1. The molecule has 2 heterocycles. The second-order valence-corrected chi connectivity index (χ2v) is 10.8. The van der Waals surface area contributed by atoms with Gasteiger partial charge < -0.3 is 9.47 Å². The molecule has 1 atom stereocenters. The number of hydrogen-bond donors (Lipinski definition) is 0. The third-order valence-corrected chi connectivity index (χ3v) is 8.30. The van der Waals surface area contributed by atoms with E-state index in [9.17, 15) is 9.59 Å². The van der Waals surface area contributed by atoms with Crippen LogP contribution >= 0.6 is 0 Å². The van der Waals surface area contributed by atoms with Crippen molar-refractivity contribution in [1.29, 1.82) is 5.26 Å². The number of piperazine rings is 1. The molecule has 7 heteroatoms. The number of rotatable bonds is 8. The lowest BCUT2D eigenvalue weighted by atomic mass is 10.0. The highest BCUT2D eigenvalue weighted by Crippen LogP contribution is 2.28. The lowest BCUT2D eigenvalue weighted by molar-refractivity contribution is -0.859. The number of carbonyl (C=O) groups excluding carboxylic acids is 2. The summed E-state index contributed by atoms with van der Waals surface area (Å²) in [6, 6.07) is 23.5. The summed E-state index contributed by atoms with van der Waals surface area (Å²) in [5.74, 6) is -0.114. The number of nitriles is 1. The number of benzene rings is 3. The fourth-order valence-electron chi connectivity index (χ4n) is 5.89. The smallest absolute Gasteiger partial charge is 0.322 e. The first-order valence-corrected chi connectivity index (χ1v) is 14.1. The zero-order valence-corrected chi connectivity index (χ0v) is 23.3. The van der Waals surface area contributed by atoms with Crippen LogP contribution in [0.1, 0.15) is 59.8 Å². The van der Waals surface area contributed by atoms with Crippen molar-refractivity contribution in [2.45, 2.75) is 39.2 Å². The quantitative estimate of drug-likeness (QED) is 0.285. The van der Waals surface area contributed by atoms with Crippen LogP contribution in [-0.2, 0) is 11.3 Å². The second-order valence-electron chi connectivity index (χ2n) is 10.8. The summed E-state index contributed by atoms with van der Waals surface area (Å²) in [7, 11) is 0. The Hall–Kier alpha value is -4.28. The van der Waals surface area contributed by atoms with E-state index in [-0.39, 0.29) is 17.7 Å². The van der Waals surface area contributed by atoms with Gasteiger partial charge in [0.15, 0.2) is 0 Å². The van der Waals surface area contributed by atoms with Crippen molar-refractivity contribution >= 4 is 22.6 Å². The molecule has 1 aromatic heterocycles. The maximum atomic E-state index is 14.2. The van der Waals surface area contributed by atoms with Crippen molar-refractivity contribution in [3.05, 3.63) is 102 Å². The molecule has 1 saturated heterocycles. The maximum Gasteiger partial charge on any atom is 0.322 e. The molecule has 0 bridgehead atoms. The van der Waals surface area contributed by atoms with Crippen molar-refractivity contribution in [2.75, 3.05) is 32.7 Å². The minimum Gasteiger partial charge on any atom is -0.329 e. The third kappa shape index (κ3) is 5.41. The van der Waals surface area contributed by atoms with E-state index < -0.39 is 0 Å². The summed E-state index contributed by atoms with van der Waals surface area (Å²) in [5.41, 5.74) is 3.28. The van der Waals surface area contributed by atoms with Gasteiger partial charge in [0, 0.05) is 18.3 Å². The molecule has 3 aromatic carbocycles. The van der Waals surface area contributed by atoms with Crippen molar-refractivity contribution in [2.24, 2.45) is 0 Å². The standard InChI is InChI=1S/C33H36N5O2/c1-3-4-18-38(19-16-36(17-20-38)32(39)30-11-7-9-28-8-5-6-10-29(28)30)33(40)25(2)31-22-35-24-37(31)23-27-14-12-26(21-34)13-15-27/h5-15,22,24-25H,3-4,16-20,23H2,1-2H3/q+1/t25-/m0/s1. The second kappa shape index (κ2) is 11.8. The van der Waals surface area contributed by atoms with Gasteiger partial charge in [0.05, 0.1) is 43.3 Å². The van der Waals surface area contributed by atoms with Gasteiger partial charge in [-0.05, 0) is 47.9 Å². The third-order valence-electron chi connectivity index (χ3n) is 8.30. The van der Waals surface area contributed by atoms with Crippen LogP contribution in [0.4, 0.5) is 0 Å². The van der Waals surface area contributed by atoms with Gasteiger partial charge in [-0.2, -0.15) is 5.26 Å². The Morgan fingerprint density at radius 3 is 2.48 bits per heavy atom. The van der Waals surface area contributed by atoms with E-state index in [0.29, 0.717) is 42.8 Å². The lowest BCUT2D eigenvalue weighted by Gasteiger charge is -2.44. The van der Waals surface area contributed by atoms with Crippen LogP contribution in [0.2, 0.25) is 0 Å². The van der Waals surface area contributed by atoms with Gasteiger partial charge in [0.25, 0.3) is 5.91 Å². The monoisotopic (exact) mass is 534 g/mol. The summed E-state index contributed by atoms with van der Waals surface area (Å²) < 4.78 is 2.41. The maximum absolute atomic E-state index is 14.2. The highest BCUT2D eigenvalue weighted by molar-refractivity contribution is 6.07. The zero-order valence-electron chi connectivity index (χ0n) is 23.3. The Kier molecular flexibility index (Phi) is 8.09. The topological polar surface area (TPSA) is 79.0 Å². The summed E-state index contributed by atoms with van der Waals surface area (Å²) in [6.07, 6.45) is 5.54. The fourth-order valence-corrected chi connectivity index (χ4v) is 5.89. The number of nitrogens with zero attached hydrogens (tertiary/aromatic N) is 5. The van der Waals surface area contributed by atoms with Gasteiger partial charge in [-0.15, -0.1) is 0 Å². The molecule has 0 saturated carbocycles. The van der Waals surface area contributed by atoms with Gasteiger partial charge in [-0.25, -0.2) is 9.78 Å². The van der Waals surface area contributed by atoms with Crippen LogP contribution in [0.15, 0.2) is 79.3 Å². The molecule has 1 aliphatic rings.